The van der Waals surface area contributed by atoms with Gasteiger partial charge in [0.05, 0.1) is 17.6 Å². The highest BCUT2D eigenvalue weighted by atomic mass is 35.5. The number of benzene rings is 2. The highest BCUT2D eigenvalue weighted by molar-refractivity contribution is 7.18. The topological polar surface area (TPSA) is 61.1 Å². The van der Waals surface area contributed by atoms with Gasteiger partial charge in [-0.05, 0) is 79.8 Å². The Kier molecular flexibility index (Phi) is 5.53. The van der Waals surface area contributed by atoms with E-state index < -0.39 is 5.69 Å². The summed E-state index contributed by atoms with van der Waals surface area (Å²) in [4.78, 5) is 41.8. The zero-order chi connectivity index (χ0) is 22.4. The quantitative estimate of drug-likeness (QED) is 0.370. The van der Waals surface area contributed by atoms with Crippen molar-refractivity contribution in [3.8, 4) is 5.69 Å². The Morgan fingerprint density at radius 2 is 1.53 bits per heavy atom. The summed E-state index contributed by atoms with van der Waals surface area (Å²) in [6.07, 6.45) is 3.74. The van der Waals surface area contributed by atoms with Crippen LogP contribution in [0.5, 0.6) is 0 Å². The Morgan fingerprint density at radius 1 is 0.906 bits per heavy atom. The lowest BCUT2D eigenvalue weighted by atomic mass is 9.97. The molecule has 0 N–H and O–H groups in total. The number of aromatic nitrogens is 2. The first kappa shape index (κ1) is 21.2. The number of fused-ring (bicyclic) bond motifs is 3. The molecule has 0 fully saturated rings. The van der Waals surface area contributed by atoms with Crippen molar-refractivity contribution in [1.82, 2.24) is 9.13 Å². The molecule has 32 heavy (non-hydrogen) atoms. The van der Waals surface area contributed by atoms with Crippen LogP contribution in [0, 0.1) is 0 Å². The molecular weight excluding hydrogens is 467 g/mol. The lowest BCUT2D eigenvalue weighted by molar-refractivity contribution is 0.0972. The van der Waals surface area contributed by atoms with Gasteiger partial charge in [0.15, 0.2) is 5.78 Å². The molecule has 0 saturated heterocycles. The number of carbonyl (C=O) groups excluding carboxylic acids is 1. The number of nitrogens with zero attached hydrogens (tertiary/aromatic N) is 2. The molecule has 0 unspecified atom stereocenters. The molecule has 1 aliphatic rings. The minimum absolute atomic E-state index is 0.162. The van der Waals surface area contributed by atoms with Crippen LogP contribution in [0.3, 0.4) is 0 Å². The third-order valence-corrected chi connectivity index (χ3v) is 7.61. The van der Waals surface area contributed by atoms with Crippen LogP contribution >= 0.6 is 34.5 Å². The van der Waals surface area contributed by atoms with E-state index in [1.807, 2.05) is 0 Å². The zero-order valence-corrected chi connectivity index (χ0v) is 19.3. The number of halogens is 2. The Labute approximate surface area is 197 Å². The second-order valence-electron chi connectivity index (χ2n) is 7.81. The van der Waals surface area contributed by atoms with Gasteiger partial charge in [-0.15, -0.1) is 11.3 Å². The van der Waals surface area contributed by atoms with E-state index >= 15 is 0 Å². The standard InChI is InChI=1S/C24H18Cl2N2O3S/c25-15-7-5-14(6-8-15)19(29)13-27-23-21(18-3-1-2-4-20(18)32-23)22(30)28(24(27)31)17-11-9-16(26)10-12-17/h5-12H,1-4,13H2. The van der Waals surface area contributed by atoms with Crippen molar-refractivity contribution >= 4 is 50.5 Å². The molecule has 0 bridgehead atoms. The Hall–Kier alpha value is -2.67. The van der Waals surface area contributed by atoms with Crippen molar-refractivity contribution in [2.45, 2.75) is 32.2 Å². The van der Waals surface area contributed by atoms with Gasteiger partial charge in [-0.3, -0.25) is 14.2 Å². The highest BCUT2D eigenvalue weighted by Crippen LogP contribution is 2.34. The molecule has 2 aromatic heterocycles. The molecule has 1 aliphatic carbocycles. The number of thiophene rings is 1. The lowest BCUT2D eigenvalue weighted by Gasteiger charge is -2.13. The fourth-order valence-corrected chi connectivity index (χ4v) is 5.82. The first-order chi connectivity index (χ1) is 15.4. The number of hydrogen-bond donors (Lipinski definition) is 0. The van der Waals surface area contributed by atoms with E-state index in [2.05, 4.69) is 0 Å². The van der Waals surface area contributed by atoms with Crippen LogP contribution in [0.1, 0.15) is 33.6 Å². The molecule has 0 saturated carbocycles. The molecule has 0 amide bonds. The van der Waals surface area contributed by atoms with Crippen molar-refractivity contribution < 1.29 is 4.79 Å². The summed E-state index contributed by atoms with van der Waals surface area (Å²) in [5.41, 5.74) is 1.01. The fraction of sp³-hybridized carbons (Fsp3) is 0.208. The van der Waals surface area contributed by atoms with Crippen LogP contribution in [0.15, 0.2) is 58.1 Å². The molecule has 5 nitrogen and oxygen atoms in total. The maximum Gasteiger partial charge on any atom is 0.337 e. The third kappa shape index (κ3) is 3.62. The molecule has 8 heteroatoms. The number of hydrogen-bond acceptors (Lipinski definition) is 4. The second-order valence-corrected chi connectivity index (χ2v) is 9.76. The van der Waals surface area contributed by atoms with Crippen molar-refractivity contribution in [2.75, 3.05) is 0 Å². The molecule has 4 aromatic rings. The summed E-state index contributed by atoms with van der Waals surface area (Å²) in [6.45, 7) is -0.162. The summed E-state index contributed by atoms with van der Waals surface area (Å²) in [7, 11) is 0. The van der Waals surface area contributed by atoms with Gasteiger partial charge in [0.1, 0.15) is 4.83 Å². The largest absolute Gasteiger partial charge is 0.337 e. The SMILES string of the molecule is O=C(Cn1c(=O)n(-c2ccc(Cl)cc2)c(=O)c2c3c(sc21)CCCC3)c1ccc(Cl)cc1. The minimum Gasteiger partial charge on any atom is -0.292 e. The number of Topliss-reactive ketones (excluding diaryl/α,β-unsaturated/α-hetero) is 1. The van der Waals surface area contributed by atoms with E-state index in [4.69, 9.17) is 23.2 Å². The van der Waals surface area contributed by atoms with Crippen molar-refractivity contribution in [2.24, 2.45) is 0 Å². The van der Waals surface area contributed by atoms with Crippen LogP contribution in [0.2, 0.25) is 10.0 Å². The van der Waals surface area contributed by atoms with Gasteiger partial charge < -0.3 is 0 Å². The predicted octanol–water partition coefficient (Wildman–Crippen LogP) is 5.28. The predicted molar refractivity (Wildman–Crippen MR) is 129 cm³/mol. The maximum absolute atomic E-state index is 13.5. The van der Waals surface area contributed by atoms with Gasteiger partial charge in [-0.25, -0.2) is 9.36 Å². The van der Waals surface area contributed by atoms with E-state index in [1.165, 1.54) is 15.9 Å². The Morgan fingerprint density at radius 3 is 2.22 bits per heavy atom. The molecule has 0 aliphatic heterocycles. The van der Waals surface area contributed by atoms with Crippen LogP contribution < -0.4 is 11.2 Å². The second kappa shape index (κ2) is 8.35. The van der Waals surface area contributed by atoms with Crippen molar-refractivity contribution in [3.05, 3.63) is 95.4 Å². The molecular formula is C24H18Cl2N2O3S. The zero-order valence-electron chi connectivity index (χ0n) is 16.9. The summed E-state index contributed by atoms with van der Waals surface area (Å²) >= 11 is 13.4. The first-order valence-corrected chi connectivity index (χ1v) is 11.9. The van der Waals surface area contributed by atoms with Crippen LogP contribution in [-0.4, -0.2) is 14.9 Å². The maximum atomic E-state index is 13.5. The number of rotatable bonds is 4. The monoisotopic (exact) mass is 484 g/mol. The van der Waals surface area contributed by atoms with Gasteiger partial charge in [0.25, 0.3) is 5.56 Å². The first-order valence-electron chi connectivity index (χ1n) is 10.3. The number of aryl methyl sites for hydroxylation is 2. The molecule has 0 spiro atoms. The number of carbonyl (C=O) groups is 1. The van der Waals surface area contributed by atoms with Crippen LogP contribution in [0.25, 0.3) is 15.9 Å². The summed E-state index contributed by atoms with van der Waals surface area (Å²) in [6, 6.07) is 13.1. The van der Waals surface area contributed by atoms with E-state index in [0.717, 1.165) is 40.7 Å². The third-order valence-electron chi connectivity index (χ3n) is 5.79. The van der Waals surface area contributed by atoms with E-state index in [1.54, 1.807) is 48.5 Å². The molecule has 162 valence electrons. The van der Waals surface area contributed by atoms with Crippen LogP contribution in [-0.2, 0) is 19.4 Å². The van der Waals surface area contributed by atoms with E-state index in [0.29, 0.717) is 31.5 Å². The average Bonchev–Trinajstić information content (AvgIpc) is 3.18. The molecule has 5 rings (SSSR count). The normalized spacial score (nSPS) is 13.3. The Balaban J connectivity index is 1.75. The van der Waals surface area contributed by atoms with Gasteiger partial charge in [0, 0.05) is 20.5 Å². The smallest absolute Gasteiger partial charge is 0.292 e. The molecule has 0 atom stereocenters. The van der Waals surface area contributed by atoms with E-state index in [9.17, 15) is 14.4 Å². The van der Waals surface area contributed by atoms with Gasteiger partial charge >= 0.3 is 5.69 Å². The Bertz CT molecular complexity index is 1470. The van der Waals surface area contributed by atoms with Gasteiger partial charge in [0.2, 0.25) is 0 Å². The molecule has 2 aromatic carbocycles. The van der Waals surface area contributed by atoms with Crippen molar-refractivity contribution in [3.63, 3.8) is 0 Å². The molecule has 2 heterocycles. The summed E-state index contributed by atoms with van der Waals surface area (Å²) < 4.78 is 2.58. The average molecular weight is 485 g/mol. The summed E-state index contributed by atoms with van der Waals surface area (Å²) in [5.74, 6) is -0.224. The molecule has 0 radical (unpaired) electrons. The summed E-state index contributed by atoms with van der Waals surface area (Å²) in [5, 5.41) is 1.58. The van der Waals surface area contributed by atoms with E-state index in [-0.39, 0.29) is 17.9 Å². The lowest BCUT2D eigenvalue weighted by Crippen LogP contribution is -2.40. The van der Waals surface area contributed by atoms with Gasteiger partial charge in [-0.1, -0.05) is 23.2 Å². The number of ketones is 1. The highest BCUT2D eigenvalue weighted by Gasteiger charge is 2.25. The van der Waals surface area contributed by atoms with Crippen molar-refractivity contribution in [1.29, 1.82) is 0 Å². The minimum atomic E-state index is -0.536. The van der Waals surface area contributed by atoms with Gasteiger partial charge in [-0.2, -0.15) is 0 Å². The fourth-order valence-electron chi connectivity index (χ4n) is 4.20. The van der Waals surface area contributed by atoms with Crippen LogP contribution in [0.4, 0.5) is 0 Å².